The standard InChI is InChI=1S/C20H25N3O2/c1-2-18-19(21-14-25-18)20(24)23-11-9-22(10-12-23)17-8-7-15-5-3-4-6-16(15)13-17/h3-6,14,17H,2,7-13H2,1H3. The molecule has 5 heteroatoms. The van der Waals surface area contributed by atoms with Gasteiger partial charge in [-0.25, -0.2) is 4.98 Å². The van der Waals surface area contributed by atoms with Crippen molar-refractivity contribution in [3.8, 4) is 0 Å². The van der Waals surface area contributed by atoms with E-state index in [1.165, 1.54) is 30.4 Å². The van der Waals surface area contributed by atoms with Gasteiger partial charge in [-0.3, -0.25) is 9.69 Å². The lowest BCUT2D eigenvalue weighted by atomic mass is 9.87. The molecule has 1 unspecified atom stereocenters. The molecule has 2 aliphatic rings. The smallest absolute Gasteiger partial charge is 0.276 e. The minimum Gasteiger partial charge on any atom is -0.448 e. The van der Waals surface area contributed by atoms with Crippen LogP contribution in [-0.4, -0.2) is 52.9 Å². The molecular formula is C20H25N3O2. The summed E-state index contributed by atoms with van der Waals surface area (Å²) in [4.78, 5) is 21.3. The van der Waals surface area contributed by atoms with E-state index in [1.54, 1.807) is 0 Å². The summed E-state index contributed by atoms with van der Waals surface area (Å²) in [6, 6.07) is 9.40. The molecule has 5 nitrogen and oxygen atoms in total. The average molecular weight is 339 g/mol. The molecule has 1 saturated heterocycles. The Morgan fingerprint density at radius 1 is 1.20 bits per heavy atom. The Morgan fingerprint density at radius 2 is 1.96 bits per heavy atom. The first-order chi connectivity index (χ1) is 12.3. The van der Waals surface area contributed by atoms with Crippen molar-refractivity contribution in [2.24, 2.45) is 0 Å². The SMILES string of the molecule is CCc1ocnc1C(=O)N1CCN(C2CCc3ccccc3C2)CC1. The fraction of sp³-hybridized carbons (Fsp3) is 0.500. The number of oxazole rings is 1. The van der Waals surface area contributed by atoms with Crippen LogP contribution in [0.3, 0.4) is 0 Å². The Labute approximate surface area is 148 Å². The van der Waals surface area contributed by atoms with Crippen molar-refractivity contribution in [3.63, 3.8) is 0 Å². The van der Waals surface area contributed by atoms with Crippen LogP contribution in [0.5, 0.6) is 0 Å². The molecule has 1 aliphatic heterocycles. The molecule has 132 valence electrons. The molecule has 25 heavy (non-hydrogen) atoms. The summed E-state index contributed by atoms with van der Waals surface area (Å²) in [5.41, 5.74) is 3.49. The highest BCUT2D eigenvalue weighted by molar-refractivity contribution is 5.93. The van der Waals surface area contributed by atoms with Gasteiger partial charge in [0.05, 0.1) is 0 Å². The Balaban J connectivity index is 1.37. The van der Waals surface area contributed by atoms with Gasteiger partial charge in [-0.15, -0.1) is 0 Å². The highest BCUT2D eigenvalue weighted by atomic mass is 16.3. The predicted molar refractivity (Wildman–Crippen MR) is 95.6 cm³/mol. The van der Waals surface area contributed by atoms with E-state index in [2.05, 4.69) is 34.1 Å². The number of hydrogen-bond acceptors (Lipinski definition) is 4. The molecule has 4 rings (SSSR count). The van der Waals surface area contributed by atoms with E-state index in [0.29, 0.717) is 23.9 Å². The highest BCUT2D eigenvalue weighted by Gasteiger charge is 2.30. The summed E-state index contributed by atoms with van der Waals surface area (Å²) in [5.74, 6) is 0.704. The van der Waals surface area contributed by atoms with E-state index in [0.717, 1.165) is 32.6 Å². The third kappa shape index (κ3) is 3.21. The maximum absolute atomic E-state index is 12.7. The first kappa shape index (κ1) is 16.3. The van der Waals surface area contributed by atoms with Crippen molar-refractivity contribution >= 4 is 5.91 Å². The number of amides is 1. The minimum absolute atomic E-state index is 0.0132. The maximum Gasteiger partial charge on any atom is 0.276 e. The summed E-state index contributed by atoms with van der Waals surface area (Å²) in [7, 11) is 0. The lowest BCUT2D eigenvalue weighted by molar-refractivity contribution is 0.0546. The van der Waals surface area contributed by atoms with Crippen LogP contribution >= 0.6 is 0 Å². The fourth-order valence-corrected chi connectivity index (χ4v) is 4.13. The number of benzene rings is 1. The summed E-state index contributed by atoms with van der Waals surface area (Å²) in [5, 5.41) is 0. The number of rotatable bonds is 3. The zero-order valence-electron chi connectivity index (χ0n) is 14.8. The van der Waals surface area contributed by atoms with E-state index in [1.807, 2.05) is 11.8 Å². The van der Waals surface area contributed by atoms with Gasteiger partial charge in [0.15, 0.2) is 12.1 Å². The van der Waals surface area contributed by atoms with E-state index in [9.17, 15) is 4.79 Å². The van der Waals surface area contributed by atoms with Crippen LogP contribution in [0.2, 0.25) is 0 Å². The van der Waals surface area contributed by atoms with Crippen molar-refractivity contribution in [3.05, 3.63) is 53.2 Å². The van der Waals surface area contributed by atoms with Gasteiger partial charge in [0, 0.05) is 38.6 Å². The number of fused-ring (bicyclic) bond motifs is 1. The largest absolute Gasteiger partial charge is 0.448 e. The van der Waals surface area contributed by atoms with Crippen LogP contribution in [0.1, 0.15) is 40.7 Å². The monoisotopic (exact) mass is 339 g/mol. The van der Waals surface area contributed by atoms with Gasteiger partial charge in [0.1, 0.15) is 5.76 Å². The lowest BCUT2D eigenvalue weighted by Gasteiger charge is -2.41. The maximum atomic E-state index is 12.7. The van der Waals surface area contributed by atoms with E-state index in [4.69, 9.17) is 4.42 Å². The zero-order valence-corrected chi connectivity index (χ0v) is 14.8. The highest BCUT2D eigenvalue weighted by Crippen LogP contribution is 2.25. The third-order valence-electron chi connectivity index (χ3n) is 5.60. The molecule has 0 spiro atoms. The Bertz CT molecular complexity index is 747. The Kier molecular flexibility index (Phi) is 4.57. The quantitative estimate of drug-likeness (QED) is 0.862. The van der Waals surface area contributed by atoms with E-state index >= 15 is 0 Å². The molecule has 0 saturated carbocycles. The lowest BCUT2D eigenvalue weighted by Crippen LogP contribution is -2.53. The fourth-order valence-electron chi connectivity index (χ4n) is 4.13. The molecule has 2 aromatic rings. The average Bonchev–Trinajstić information content (AvgIpc) is 3.16. The molecule has 0 radical (unpaired) electrons. The van der Waals surface area contributed by atoms with Gasteiger partial charge in [0.2, 0.25) is 0 Å². The van der Waals surface area contributed by atoms with Crippen molar-refractivity contribution in [1.29, 1.82) is 0 Å². The molecule has 1 atom stereocenters. The second-order valence-corrected chi connectivity index (χ2v) is 6.97. The van der Waals surface area contributed by atoms with Gasteiger partial charge in [-0.05, 0) is 30.4 Å². The number of aryl methyl sites for hydroxylation is 2. The molecule has 1 aromatic heterocycles. The van der Waals surface area contributed by atoms with Gasteiger partial charge < -0.3 is 9.32 Å². The van der Waals surface area contributed by atoms with Gasteiger partial charge in [-0.2, -0.15) is 0 Å². The first-order valence-electron chi connectivity index (χ1n) is 9.28. The van der Waals surface area contributed by atoms with Crippen LogP contribution in [-0.2, 0) is 19.3 Å². The number of nitrogens with zero attached hydrogens (tertiary/aromatic N) is 3. The van der Waals surface area contributed by atoms with Gasteiger partial charge in [0.25, 0.3) is 5.91 Å². The van der Waals surface area contributed by atoms with Crippen molar-refractivity contribution in [2.75, 3.05) is 26.2 Å². The van der Waals surface area contributed by atoms with Crippen molar-refractivity contribution in [2.45, 2.75) is 38.6 Å². The number of hydrogen-bond donors (Lipinski definition) is 0. The first-order valence-corrected chi connectivity index (χ1v) is 9.28. The number of carbonyl (C=O) groups excluding carboxylic acids is 1. The van der Waals surface area contributed by atoms with E-state index in [-0.39, 0.29) is 5.91 Å². The number of aromatic nitrogens is 1. The second-order valence-electron chi connectivity index (χ2n) is 6.97. The van der Waals surface area contributed by atoms with Crippen LogP contribution in [0, 0.1) is 0 Å². The minimum atomic E-state index is 0.0132. The molecule has 1 fully saturated rings. The number of piperazine rings is 1. The zero-order chi connectivity index (χ0) is 17.2. The summed E-state index contributed by atoms with van der Waals surface area (Å²) < 4.78 is 5.31. The molecule has 0 bridgehead atoms. The number of carbonyl (C=O) groups is 1. The van der Waals surface area contributed by atoms with Crippen molar-refractivity contribution < 1.29 is 9.21 Å². The molecule has 1 amide bonds. The van der Waals surface area contributed by atoms with Crippen molar-refractivity contribution in [1.82, 2.24) is 14.8 Å². The summed E-state index contributed by atoms with van der Waals surface area (Å²) >= 11 is 0. The Hall–Kier alpha value is -2.14. The topological polar surface area (TPSA) is 49.6 Å². The van der Waals surface area contributed by atoms with Crippen LogP contribution in [0.4, 0.5) is 0 Å². The summed E-state index contributed by atoms with van der Waals surface area (Å²) in [6.45, 7) is 5.41. The molecule has 1 aliphatic carbocycles. The van der Waals surface area contributed by atoms with Gasteiger partial charge >= 0.3 is 0 Å². The van der Waals surface area contributed by atoms with Crippen LogP contribution in [0.25, 0.3) is 0 Å². The molecule has 0 N–H and O–H groups in total. The van der Waals surface area contributed by atoms with Crippen LogP contribution < -0.4 is 0 Å². The third-order valence-corrected chi connectivity index (χ3v) is 5.60. The van der Waals surface area contributed by atoms with Crippen LogP contribution in [0.15, 0.2) is 35.1 Å². The molecule has 1 aromatic carbocycles. The van der Waals surface area contributed by atoms with Gasteiger partial charge in [-0.1, -0.05) is 31.2 Å². The summed E-state index contributed by atoms with van der Waals surface area (Å²) in [6.07, 6.45) is 5.59. The molecular weight excluding hydrogens is 314 g/mol. The molecule has 2 heterocycles. The normalized spacial score (nSPS) is 21.2. The Morgan fingerprint density at radius 3 is 2.72 bits per heavy atom. The predicted octanol–water partition coefficient (Wildman–Crippen LogP) is 2.55. The van der Waals surface area contributed by atoms with E-state index < -0.39 is 0 Å². The second kappa shape index (κ2) is 7.00.